The number of ketones is 2. The zero-order chi connectivity index (χ0) is 30.8. The van der Waals surface area contributed by atoms with Gasteiger partial charge >= 0.3 is 0 Å². The topological polar surface area (TPSA) is 198 Å². The molecule has 1 aromatic rings. The number of aliphatic hydroxyl groups is 3. The van der Waals surface area contributed by atoms with Crippen molar-refractivity contribution in [1.29, 1.82) is 0 Å². The summed E-state index contributed by atoms with van der Waals surface area (Å²) in [5, 5.41) is 48.5. The number of rotatable bonds is 7. The van der Waals surface area contributed by atoms with Crippen LogP contribution in [0.2, 0.25) is 0 Å². The van der Waals surface area contributed by atoms with E-state index in [-0.39, 0.29) is 47.7 Å². The van der Waals surface area contributed by atoms with Crippen molar-refractivity contribution in [3.63, 3.8) is 0 Å². The molecule has 0 aliphatic heterocycles. The summed E-state index contributed by atoms with van der Waals surface area (Å²) in [6.45, 7) is 5.70. The summed E-state index contributed by atoms with van der Waals surface area (Å²) >= 11 is 0. The predicted octanol–water partition coefficient (Wildman–Crippen LogP) is 0.719. The highest BCUT2D eigenvalue weighted by Gasteiger charge is 2.64. The number of nitrogens with zero attached hydrogens (tertiary/aromatic N) is 2. The number of benzene rings is 1. The first-order valence-electron chi connectivity index (χ1n) is 13.3. The molecule has 0 bridgehead atoms. The van der Waals surface area contributed by atoms with Crippen molar-refractivity contribution in [2.45, 2.75) is 50.8 Å². The molecule has 224 valence electrons. The zero-order valence-electron chi connectivity index (χ0n) is 24.3. The third-order valence-corrected chi connectivity index (χ3v) is 7.89. The number of fused-ring (bicyclic) bond motifs is 3. The van der Waals surface area contributed by atoms with Crippen molar-refractivity contribution in [2.75, 3.05) is 45.1 Å². The van der Waals surface area contributed by atoms with Crippen molar-refractivity contribution in [2.24, 2.45) is 17.6 Å². The van der Waals surface area contributed by atoms with E-state index >= 15 is 0 Å². The van der Waals surface area contributed by atoms with Gasteiger partial charge in [-0.1, -0.05) is 0 Å². The number of phenols is 1. The highest BCUT2D eigenvalue weighted by atomic mass is 16.7. The fourth-order valence-corrected chi connectivity index (χ4v) is 6.19. The summed E-state index contributed by atoms with van der Waals surface area (Å²) in [5.74, 6) is -6.93. The molecule has 0 spiro atoms. The maximum Gasteiger partial charge on any atom is 0.255 e. The Morgan fingerprint density at radius 1 is 1.17 bits per heavy atom. The number of carbonyl (C=O) groups excluding carboxylic acids is 3. The number of nitrogens with two attached hydrogens (primary N) is 1. The number of likely N-dealkylation sites (N-methyl/N-ethyl adjacent to an activating group) is 1. The van der Waals surface area contributed by atoms with E-state index in [4.69, 9.17) is 10.6 Å². The van der Waals surface area contributed by atoms with Gasteiger partial charge in [0.1, 0.15) is 29.6 Å². The molecule has 1 amide bonds. The van der Waals surface area contributed by atoms with Gasteiger partial charge in [0.25, 0.3) is 5.91 Å². The first-order valence-corrected chi connectivity index (χ1v) is 13.3. The highest BCUT2D eigenvalue weighted by molar-refractivity contribution is 6.24. The molecule has 1 fully saturated rings. The highest BCUT2D eigenvalue weighted by Crippen LogP contribution is 2.54. The number of hydrogen-bond acceptors (Lipinski definition) is 12. The maximum atomic E-state index is 14.0. The Bertz CT molecular complexity index is 1380. The standard InChI is InChI=1S/C28H39N5O8/c1-27(2,3)31-41-11-30-15-10-16(32(4)5)13-8-12-9-14-20(33(6)7)23(36)19(26(29)39)25(38)28(14,40)24(37)17(12)22(35)18(13)21(15)34/h10,12,14,20,30-31,34-35,38,40H,8-9,11H2,1-7H3,(H2,29,39)/t12?,14?,20-,28-/m0/s1. The first-order chi connectivity index (χ1) is 18.9. The van der Waals surface area contributed by atoms with Crippen molar-refractivity contribution in [3.05, 3.63) is 34.1 Å². The number of nitrogens with one attached hydrogen (secondary N) is 2. The smallest absolute Gasteiger partial charge is 0.255 e. The molecule has 4 atom stereocenters. The van der Waals surface area contributed by atoms with Crippen molar-refractivity contribution >= 4 is 34.6 Å². The number of phenolic OH excluding ortho intramolecular Hbond substituents is 1. The number of aromatic hydroxyl groups is 1. The number of hydroxylamine groups is 1. The minimum absolute atomic E-state index is 0.00114. The SMILES string of the molecule is CN(C)c1cc(NCONC(C)(C)C)c(O)c2c1CC1CC3[C@H](N(C)C)C(=O)C(C(N)=O)=C(O)[C@@]3(O)C(=O)C1=C2O. The number of carbonyl (C=O) groups is 3. The molecule has 1 aromatic carbocycles. The number of Topliss-reactive ketones (excluding diaryl/α,β-unsaturated/α-hetero) is 2. The van der Waals surface area contributed by atoms with Crippen LogP contribution in [0.1, 0.15) is 38.3 Å². The van der Waals surface area contributed by atoms with Crippen LogP contribution in [0, 0.1) is 11.8 Å². The van der Waals surface area contributed by atoms with Crippen molar-refractivity contribution in [1.82, 2.24) is 10.4 Å². The number of hydrogen-bond donors (Lipinski definition) is 7. The lowest BCUT2D eigenvalue weighted by Crippen LogP contribution is -2.65. The third-order valence-electron chi connectivity index (χ3n) is 7.89. The lowest BCUT2D eigenvalue weighted by molar-refractivity contribution is -0.153. The van der Waals surface area contributed by atoms with Crippen molar-refractivity contribution in [3.8, 4) is 5.75 Å². The van der Waals surface area contributed by atoms with Gasteiger partial charge < -0.3 is 36.4 Å². The molecule has 1 saturated carbocycles. The van der Waals surface area contributed by atoms with E-state index < -0.39 is 58.0 Å². The van der Waals surface area contributed by atoms with Gasteiger partial charge in [-0.2, -0.15) is 5.48 Å². The van der Waals surface area contributed by atoms with Gasteiger partial charge in [-0.3, -0.25) is 24.1 Å². The Morgan fingerprint density at radius 2 is 1.80 bits per heavy atom. The molecule has 13 heteroatoms. The van der Waals surface area contributed by atoms with Crippen LogP contribution in [0.3, 0.4) is 0 Å². The molecule has 0 radical (unpaired) electrons. The average molecular weight is 574 g/mol. The fraction of sp³-hybridized carbons (Fsp3) is 0.536. The molecular weight excluding hydrogens is 534 g/mol. The largest absolute Gasteiger partial charge is 0.508 e. The quantitative estimate of drug-likeness (QED) is 0.0794. The molecule has 0 saturated heterocycles. The number of primary amides is 1. The molecule has 0 heterocycles. The average Bonchev–Trinajstić information content (AvgIpc) is 2.83. The van der Waals surface area contributed by atoms with Gasteiger partial charge in [0.2, 0.25) is 5.78 Å². The first kappa shape index (κ1) is 30.3. The Morgan fingerprint density at radius 3 is 2.34 bits per heavy atom. The molecule has 3 aliphatic carbocycles. The summed E-state index contributed by atoms with van der Waals surface area (Å²) in [7, 11) is 6.71. The Balaban J connectivity index is 1.87. The van der Waals surface area contributed by atoms with E-state index in [1.54, 1.807) is 39.2 Å². The van der Waals surface area contributed by atoms with Crippen LogP contribution in [0.25, 0.3) is 5.76 Å². The molecule has 13 nitrogen and oxygen atoms in total. The third kappa shape index (κ3) is 4.82. The summed E-state index contributed by atoms with van der Waals surface area (Å²) in [6, 6.07) is 0.566. The molecule has 4 rings (SSSR count). The summed E-state index contributed by atoms with van der Waals surface area (Å²) in [4.78, 5) is 48.1. The second-order valence-corrected chi connectivity index (χ2v) is 12.3. The van der Waals surface area contributed by atoms with E-state index in [1.807, 2.05) is 20.8 Å². The molecule has 8 N–H and O–H groups in total. The Hall–Kier alpha value is -3.65. The Kier molecular flexibility index (Phi) is 7.63. The minimum Gasteiger partial charge on any atom is -0.508 e. The maximum absolute atomic E-state index is 14.0. The lowest BCUT2D eigenvalue weighted by atomic mass is 9.57. The summed E-state index contributed by atoms with van der Waals surface area (Å²) < 4.78 is 0. The summed E-state index contributed by atoms with van der Waals surface area (Å²) in [6.07, 6.45) is 0.212. The van der Waals surface area contributed by atoms with Gasteiger partial charge in [0.15, 0.2) is 11.4 Å². The van der Waals surface area contributed by atoms with Crippen LogP contribution in [-0.2, 0) is 25.6 Å². The lowest BCUT2D eigenvalue weighted by Gasteiger charge is -2.50. The number of anilines is 2. The molecule has 3 aliphatic rings. The van der Waals surface area contributed by atoms with Gasteiger partial charge in [0, 0.05) is 36.8 Å². The van der Waals surface area contributed by atoms with Crippen LogP contribution in [-0.4, -0.2) is 94.9 Å². The van der Waals surface area contributed by atoms with Gasteiger partial charge in [-0.15, -0.1) is 0 Å². The zero-order valence-corrected chi connectivity index (χ0v) is 24.3. The predicted molar refractivity (Wildman–Crippen MR) is 151 cm³/mol. The van der Waals surface area contributed by atoms with Crippen molar-refractivity contribution < 1.29 is 39.6 Å². The van der Waals surface area contributed by atoms with E-state index in [0.717, 1.165) is 0 Å². The van der Waals surface area contributed by atoms with Gasteiger partial charge in [-0.05, 0) is 65.3 Å². The number of aliphatic hydroxyl groups excluding tert-OH is 2. The van der Waals surface area contributed by atoms with Crippen LogP contribution < -0.4 is 21.4 Å². The van der Waals surface area contributed by atoms with Crippen LogP contribution in [0.4, 0.5) is 11.4 Å². The van der Waals surface area contributed by atoms with E-state index in [2.05, 4.69) is 10.8 Å². The van der Waals surface area contributed by atoms with E-state index in [1.165, 1.54) is 4.90 Å². The fourth-order valence-electron chi connectivity index (χ4n) is 6.19. The van der Waals surface area contributed by atoms with Crippen LogP contribution in [0.15, 0.2) is 23.0 Å². The van der Waals surface area contributed by atoms with Crippen LogP contribution in [0.5, 0.6) is 5.75 Å². The summed E-state index contributed by atoms with van der Waals surface area (Å²) in [5.41, 5.74) is 5.61. The molecule has 2 unspecified atom stereocenters. The Labute approximate surface area is 238 Å². The number of amides is 1. The normalized spacial score (nSPS) is 26.1. The monoisotopic (exact) mass is 573 g/mol. The molecular formula is C28H39N5O8. The second-order valence-electron chi connectivity index (χ2n) is 12.3. The second kappa shape index (κ2) is 10.3. The molecule has 0 aromatic heterocycles. The molecule has 41 heavy (non-hydrogen) atoms. The van der Waals surface area contributed by atoms with E-state index in [9.17, 15) is 34.8 Å². The van der Waals surface area contributed by atoms with Crippen LogP contribution >= 0.6 is 0 Å². The van der Waals surface area contributed by atoms with Gasteiger partial charge in [-0.25, -0.2) is 0 Å². The van der Waals surface area contributed by atoms with Gasteiger partial charge in [0.05, 0.1) is 17.3 Å². The minimum atomic E-state index is -2.69. The van der Waals surface area contributed by atoms with E-state index in [0.29, 0.717) is 11.3 Å².